The maximum Gasteiger partial charge on any atom is 0.119 e. The number of ether oxygens (including phenoxy) is 1. The van der Waals surface area contributed by atoms with E-state index in [2.05, 4.69) is 34.7 Å². The summed E-state index contributed by atoms with van der Waals surface area (Å²) >= 11 is 2.26. The zero-order chi connectivity index (χ0) is 11.5. The first-order chi connectivity index (χ1) is 7.76. The Morgan fingerprint density at radius 1 is 1.31 bits per heavy atom. The van der Waals surface area contributed by atoms with Crippen LogP contribution in [0.1, 0.15) is 5.56 Å². The molecular formula is C13H10INO. The highest BCUT2D eigenvalue weighted by molar-refractivity contribution is 14.1. The Morgan fingerprint density at radius 2 is 2.06 bits per heavy atom. The standard InChI is InChI=1S/C13H10INO/c1-16-10-4-2-9-3-5-13(14)11(6-7-15)12(9)8-10/h2-5,8H,6H2,1H3. The van der Waals surface area contributed by atoms with Crippen molar-refractivity contribution >= 4 is 33.4 Å². The smallest absolute Gasteiger partial charge is 0.119 e. The second-order valence-electron chi connectivity index (χ2n) is 3.45. The van der Waals surface area contributed by atoms with E-state index >= 15 is 0 Å². The Bertz CT molecular complexity index is 572. The summed E-state index contributed by atoms with van der Waals surface area (Å²) in [6.45, 7) is 0. The highest BCUT2D eigenvalue weighted by Gasteiger charge is 2.06. The maximum absolute atomic E-state index is 8.85. The Labute approximate surface area is 108 Å². The summed E-state index contributed by atoms with van der Waals surface area (Å²) in [5, 5.41) is 11.1. The fraction of sp³-hybridized carbons (Fsp3) is 0.154. The Morgan fingerprint density at radius 3 is 2.75 bits per heavy atom. The topological polar surface area (TPSA) is 33.0 Å². The van der Waals surface area contributed by atoms with Crippen LogP contribution < -0.4 is 4.74 Å². The van der Waals surface area contributed by atoms with E-state index in [0.717, 1.165) is 25.7 Å². The van der Waals surface area contributed by atoms with Crippen molar-refractivity contribution < 1.29 is 4.74 Å². The predicted octanol–water partition coefficient (Wildman–Crippen LogP) is 3.52. The molecule has 0 spiro atoms. The predicted molar refractivity (Wildman–Crippen MR) is 72.5 cm³/mol. The number of halogens is 1. The molecule has 2 nitrogen and oxygen atoms in total. The fourth-order valence-corrected chi connectivity index (χ4v) is 2.38. The van der Waals surface area contributed by atoms with Crippen LogP contribution >= 0.6 is 22.6 Å². The second kappa shape index (κ2) is 4.71. The van der Waals surface area contributed by atoms with E-state index in [1.807, 2.05) is 24.3 Å². The molecule has 0 bridgehead atoms. The zero-order valence-electron chi connectivity index (χ0n) is 8.83. The van der Waals surface area contributed by atoms with Crippen molar-refractivity contribution in [3.05, 3.63) is 39.5 Å². The molecule has 0 amide bonds. The van der Waals surface area contributed by atoms with E-state index in [1.54, 1.807) is 7.11 Å². The van der Waals surface area contributed by atoms with Gasteiger partial charge >= 0.3 is 0 Å². The van der Waals surface area contributed by atoms with Gasteiger partial charge in [-0.25, -0.2) is 0 Å². The molecule has 16 heavy (non-hydrogen) atoms. The molecule has 0 saturated carbocycles. The van der Waals surface area contributed by atoms with Crippen molar-refractivity contribution in [1.29, 1.82) is 5.26 Å². The Balaban J connectivity index is 2.73. The second-order valence-corrected chi connectivity index (χ2v) is 4.61. The number of fused-ring (bicyclic) bond motifs is 1. The molecule has 0 radical (unpaired) electrons. The summed E-state index contributed by atoms with van der Waals surface area (Å²) in [5.41, 5.74) is 1.08. The van der Waals surface area contributed by atoms with Gasteiger partial charge < -0.3 is 4.74 Å². The van der Waals surface area contributed by atoms with E-state index in [4.69, 9.17) is 10.00 Å². The molecule has 0 aliphatic carbocycles. The summed E-state index contributed by atoms with van der Waals surface area (Å²) in [6, 6.07) is 12.3. The van der Waals surface area contributed by atoms with Crippen LogP contribution in [0.15, 0.2) is 30.3 Å². The Hall–Kier alpha value is -1.28. The van der Waals surface area contributed by atoms with Gasteiger partial charge in [0, 0.05) is 3.57 Å². The lowest BCUT2D eigenvalue weighted by Gasteiger charge is -2.08. The number of hydrogen-bond acceptors (Lipinski definition) is 2. The fourth-order valence-electron chi connectivity index (χ4n) is 1.72. The lowest BCUT2D eigenvalue weighted by molar-refractivity contribution is 0.415. The molecule has 2 aromatic carbocycles. The molecule has 0 heterocycles. The monoisotopic (exact) mass is 323 g/mol. The average molecular weight is 323 g/mol. The average Bonchev–Trinajstić information content (AvgIpc) is 2.32. The first-order valence-corrected chi connectivity index (χ1v) is 5.96. The van der Waals surface area contributed by atoms with Gasteiger partial charge in [0.05, 0.1) is 19.6 Å². The molecular weight excluding hydrogens is 313 g/mol. The third-order valence-electron chi connectivity index (χ3n) is 2.54. The van der Waals surface area contributed by atoms with Gasteiger partial charge in [-0.1, -0.05) is 12.1 Å². The minimum absolute atomic E-state index is 0.433. The van der Waals surface area contributed by atoms with Crippen LogP contribution in [0, 0.1) is 14.9 Å². The number of rotatable bonds is 2. The van der Waals surface area contributed by atoms with E-state index in [0.29, 0.717) is 6.42 Å². The van der Waals surface area contributed by atoms with E-state index < -0.39 is 0 Å². The molecule has 3 heteroatoms. The number of hydrogen-bond donors (Lipinski definition) is 0. The lowest BCUT2D eigenvalue weighted by atomic mass is 10.0. The summed E-state index contributed by atoms with van der Waals surface area (Å²) in [4.78, 5) is 0. The molecule has 0 aliphatic heterocycles. The van der Waals surface area contributed by atoms with Crippen LogP contribution in [-0.4, -0.2) is 7.11 Å². The molecule has 0 fully saturated rings. The molecule has 2 rings (SSSR count). The molecule has 0 aliphatic rings. The van der Waals surface area contributed by atoms with Crippen LogP contribution in [0.5, 0.6) is 5.75 Å². The van der Waals surface area contributed by atoms with E-state index in [9.17, 15) is 0 Å². The summed E-state index contributed by atoms with van der Waals surface area (Å²) in [5.74, 6) is 0.827. The minimum atomic E-state index is 0.433. The van der Waals surface area contributed by atoms with Gasteiger partial charge in [-0.3, -0.25) is 0 Å². The summed E-state index contributed by atoms with van der Waals surface area (Å²) in [7, 11) is 1.65. The van der Waals surface area contributed by atoms with Crippen molar-refractivity contribution in [3.63, 3.8) is 0 Å². The SMILES string of the molecule is COc1ccc2ccc(I)c(CC#N)c2c1. The highest BCUT2D eigenvalue weighted by atomic mass is 127. The molecule has 0 N–H and O–H groups in total. The first-order valence-electron chi connectivity index (χ1n) is 4.88. The quantitative estimate of drug-likeness (QED) is 0.792. The third kappa shape index (κ3) is 1.98. The summed E-state index contributed by atoms with van der Waals surface area (Å²) < 4.78 is 6.33. The number of nitriles is 1. The van der Waals surface area contributed by atoms with Crippen molar-refractivity contribution in [2.75, 3.05) is 7.11 Å². The van der Waals surface area contributed by atoms with Crippen molar-refractivity contribution in [2.24, 2.45) is 0 Å². The lowest BCUT2D eigenvalue weighted by Crippen LogP contribution is -1.91. The van der Waals surface area contributed by atoms with E-state index in [1.165, 1.54) is 0 Å². The van der Waals surface area contributed by atoms with Gasteiger partial charge in [0.2, 0.25) is 0 Å². The van der Waals surface area contributed by atoms with Crippen LogP contribution in [0.4, 0.5) is 0 Å². The largest absolute Gasteiger partial charge is 0.497 e. The van der Waals surface area contributed by atoms with Gasteiger partial charge in [-0.15, -0.1) is 0 Å². The van der Waals surface area contributed by atoms with Gasteiger partial charge in [0.15, 0.2) is 0 Å². The molecule has 0 aromatic heterocycles. The van der Waals surface area contributed by atoms with Gasteiger partial charge in [0.25, 0.3) is 0 Å². The summed E-state index contributed by atoms with van der Waals surface area (Å²) in [6.07, 6.45) is 0.433. The van der Waals surface area contributed by atoms with E-state index in [-0.39, 0.29) is 0 Å². The highest BCUT2D eigenvalue weighted by Crippen LogP contribution is 2.27. The van der Waals surface area contributed by atoms with Gasteiger partial charge in [0.1, 0.15) is 5.75 Å². The van der Waals surface area contributed by atoms with Crippen molar-refractivity contribution in [3.8, 4) is 11.8 Å². The van der Waals surface area contributed by atoms with Crippen LogP contribution in [0.25, 0.3) is 10.8 Å². The van der Waals surface area contributed by atoms with Crippen LogP contribution in [0.3, 0.4) is 0 Å². The number of benzene rings is 2. The zero-order valence-corrected chi connectivity index (χ0v) is 11.0. The molecule has 2 aromatic rings. The minimum Gasteiger partial charge on any atom is -0.497 e. The molecule has 0 saturated heterocycles. The normalized spacial score (nSPS) is 10.1. The van der Waals surface area contributed by atoms with Crippen molar-refractivity contribution in [1.82, 2.24) is 0 Å². The maximum atomic E-state index is 8.85. The van der Waals surface area contributed by atoms with Gasteiger partial charge in [-0.05, 0) is 57.1 Å². The molecule has 0 unspecified atom stereocenters. The third-order valence-corrected chi connectivity index (χ3v) is 3.55. The number of methoxy groups -OCH3 is 1. The van der Waals surface area contributed by atoms with Crippen LogP contribution in [0.2, 0.25) is 0 Å². The molecule has 0 atom stereocenters. The van der Waals surface area contributed by atoms with Crippen molar-refractivity contribution in [2.45, 2.75) is 6.42 Å². The molecule has 80 valence electrons. The Kier molecular flexibility index (Phi) is 3.30. The van der Waals surface area contributed by atoms with Gasteiger partial charge in [-0.2, -0.15) is 5.26 Å². The van der Waals surface area contributed by atoms with Crippen LogP contribution in [-0.2, 0) is 6.42 Å². The first kappa shape index (κ1) is 11.2. The number of nitrogens with zero attached hydrogens (tertiary/aromatic N) is 1.